The van der Waals surface area contributed by atoms with Gasteiger partial charge in [0.2, 0.25) is 0 Å². The molecule has 0 aliphatic heterocycles. The molecule has 98 valence electrons. The van der Waals surface area contributed by atoms with Crippen LogP contribution in [0.2, 0.25) is 5.02 Å². The third-order valence-corrected chi connectivity index (χ3v) is 5.55. The normalized spacial score (nSPS) is 16.3. The second kappa shape index (κ2) is 4.90. The van der Waals surface area contributed by atoms with Crippen LogP contribution in [0, 0.1) is 5.92 Å². The standard InChI is InChI=1S/C12H13ClO4S/c13-10-5-4-9(12(14)15)6-11(10)18(16,17)7-8-2-1-3-8/h4-6,8H,1-3,7H2,(H,14,15). The highest BCUT2D eigenvalue weighted by Crippen LogP contribution is 2.32. The number of hydrogen-bond donors (Lipinski definition) is 1. The van der Waals surface area contributed by atoms with Gasteiger partial charge in [0, 0.05) is 0 Å². The number of carboxylic acids is 1. The predicted molar refractivity (Wildman–Crippen MR) is 67.8 cm³/mol. The van der Waals surface area contributed by atoms with Gasteiger partial charge in [-0.15, -0.1) is 0 Å². The number of hydrogen-bond acceptors (Lipinski definition) is 3. The van der Waals surface area contributed by atoms with Crippen LogP contribution in [0.15, 0.2) is 23.1 Å². The summed E-state index contributed by atoms with van der Waals surface area (Å²) in [6.45, 7) is 0. The van der Waals surface area contributed by atoms with Crippen LogP contribution in [0.1, 0.15) is 29.6 Å². The van der Waals surface area contributed by atoms with E-state index in [0.717, 1.165) is 25.3 Å². The second-order valence-corrected chi connectivity index (χ2v) is 6.94. The zero-order chi connectivity index (χ0) is 13.3. The molecule has 0 saturated heterocycles. The van der Waals surface area contributed by atoms with Crippen LogP contribution in [0.25, 0.3) is 0 Å². The molecule has 0 amide bonds. The van der Waals surface area contributed by atoms with E-state index in [2.05, 4.69) is 0 Å². The monoisotopic (exact) mass is 288 g/mol. The highest BCUT2D eigenvalue weighted by atomic mass is 35.5. The summed E-state index contributed by atoms with van der Waals surface area (Å²) < 4.78 is 24.3. The molecule has 6 heteroatoms. The van der Waals surface area contributed by atoms with Crippen molar-refractivity contribution >= 4 is 27.4 Å². The summed E-state index contributed by atoms with van der Waals surface area (Å²) in [6, 6.07) is 3.75. The lowest BCUT2D eigenvalue weighted by atomic mass is 9.87. The first kappa shape index (κ1) is 13.4. The van der Waals surface area contributed by atoms with Gasteiger partial charge in [-0.25, -0.2) is 13.2 Å². The Hall–Kier alpha value is -1.07. The zero-order valence-corrected chi connectivity index (χ0v) is 11.2. The highest BCUT2D eigenvalue weighted by molar-refractivity contribution is 7.91. The van der Waals surface area contributed by atoms with Gasteiger partial charge in [0.1, 0.15) is 0 Å². The fourth-order valence-corrected chi connectivity index (χ4v) is 4.21. The first-order valence-corrected chi connectivity index (χ1v) is 7.69. The van der Waals surface area contributed by atoms with Crippen LogP contribution in [0.5, 0.6) is 0 Å². The average Bonchev–Trinajstić information content (AvgIpc) is 2.24. The van der Waals surface area contributed by atoms with E-state index in [-0.39, 0.29) is 27.2 Å². The maximum absolute atomic E-state index is 12.2. The highest BCUT2D eigenvalue weighted by Gasteiger charge is 2.27. The summed E-state index contributed by atoms with van der Waals surface area (Å²) >= 11 is 5.86. The summed E-state index contributed by atoms with van der Waals surface area (Å²) in [5, 5.41) is 8.95. The Morgan fingerprint density at radius 3 is 2.56 bits per heavy atom. The van der Waals surface area contributed by atoms with E-state index in [1.165, 1.54) is 12.1 Å². The Kier molecular flexibility index (Phi) is 3.64. The quantitative estimate of drug-likeness (QED) is 0.924. The number of aromatic carboxylic acids is 1. The van der Waals surface area contributed by atoms with Crippen molar-refractivity contribution in [2.45, 2.75) is 24.2 Å². The molecule has 0 heterocycles. The molecule has 18 heavy (non-hydrogen) atoms. The minimum Gasteiger partial charge on any atom is -0.478 e. The van der Waals surface area contributed by atoms with Gasteiger partial charge in [0.25, 0.3) is 0 Å². The molecule has 1 aromatic carbocycles. The molecule has 1 aliphatic rings. The maximum atomic E-state index is 12.2. The molecule has 0 spiro atoms. The Morgan fingerprint density at radius 2 is 2.06 bits per heavy atom. The molecule has 0 unspecified atom stereocenters. The lowest BCUT2D eigenvalue weighted by Gasteiger charge is -2.25. The first-order chi connectivity index (χ1) is 8.40. The van der Waals surface area contributed by atoms with Crippen LogP contribution in [0.4, 0.5) is 0 Å². The van der Waals surface area contributed by atoms with E-state index in [0.29, 0.717) is 0 Å². The average molecular weight is 289 g/mol. The first-order valence-electron chi connectivity index (χ1n) is 5.66. The van der Waals surface area contributed by atoms with Gasteiger partial charge >= 0.3 is 5.97 Å². The van der Waals surface area contributed by atoms with E-state index in [1.807, 2.05) is 0 Å². The molecule has 1 aliphatic carbocycles. The maximum Gasteiger partial charge on any atom is 0.335 e. The largest absolute Gasteiger partial charge is 0.478 e. The third kappa shape index (κ3) is 2.67. The fraction of sp³-hybridized carbons (Fsp3) is 0.417. The summed E-state index contributed by atoms with van der Waals surface area (Å²) in [4.78, 5) is 10.8. The second-order valence-electron chi connectivity index (χ2n) is 4.53. The van der Waals surface area contributed by atoms with Crippen LogP contribution in [-0.2, 0) is 9.84 Å². The van der Waals surface area contributed by atoms with E-state index >= 15 is 0 Å². The van der Waals surface area contributed by atoms with Gasteiger partial charge in [-0.2, -0.15) is 0 Å². The van der Waals surface area contributed by atoms with Gasteiger partial charge in [-0.1, -0.05) is 18.0 Å². The van der Waals surface area contributed by atoms with Gasteiger partial charge < -0.3 is 5.11 Å². The summed E-state index contributed by atoms with van der Waals surface area (Å²) in [5.41, 5.74) is -0.0633. The van der Waals surface area contributed by atoms with Crippen molar-refractivity contribution in [3.63, 3.8) is 0 Å². The minimum atomic E-state index is -3.50. The topological polar surface area (TPSA) is 71.4 Å². The summed E-state index contributed by atoms with van der Waals surface area (Å²) in [7, 11) is -3.50. The van der Waals surface area contributed by atoms with Crippen LogP contribution < -0.4 is 0 Å². The van der Waals surface area contributed by atoms with Gasteiger partial charge in [0.15, 0.2) is 9.84 Å². The lowest BCUT2D eigenvalue weighted by molar-refractivity contribution is 0.0696. The number of benzene rings is 1. The van der Waals surface area contributed by atoms with Gasteiger partial charge in [0.05, 0.1) is 21.2 Å². The van der Waals surface area contributed by atoms with E-state index < -0.39 is 15.8 Å². The Bertz CT molecular complexity index is 576. The van der Waals surface area contributed by atoms with Crippen molar-refractivity contribution < 1.29 is 18.3 Å². The molecule has 1 saturated carbocycles. The Morgan fingerprint density at radius 1 is 1.39 bits per heavy atom. The van der Waals surface area contributed by atoms with Crippen LogP contribution in [-0.4, -0.2) is 25.2 Å². The number of carboxylic acid groups (broad SMARTS) is 1. The number of carbonyl (C=O) groups is 1. The predicted octanol–water partition coefficient (Wildman–Crippen LogP) is 2.61. The molecule has 4 nitrogen and oxygen atoms in total. The molecule has 1 aromatic rings. The Labute approximate surface area is 110 Å². The van der Waals surface area contributed by atoms with Crippen molar-refractivity contribution in [3.8, 4) is 0 Å². The molecule has 2 rings (SSSR count). The number of rotatable bonds is 4. The van der Waals surface area contributed by atoms with Crippen LogP contribution in [0.3, 0.4) is 0 Å². The zero-order valence-electron chi connectivity index (χ0n) is 9.60. The molecule has 0 atom stereocenters. The van der Waals surface area contributed by atoms with E-state index in [1.54, 1.807) is 0 Å². The van der Waals surface area contributed by atoms with Gasteiger partial charge in [-0.3, -0.25) is 0 Å². The van der Waals surface area contributed by atoms with Crippen LogP contribution >= 0.6 is 11.6 Å². The molecular formula is C12H13ClO4S. The number of sulfone groups is 1. The van der Waals surface area contributed by atoms with Gasteiger partial charge in [-0.05, 0) is 37.0 Å². The van der Waals surface area contributed by atoms with Crippen molar-refractivity contribution in [1.29, 1.82) is 0 Å². The summed E-state index contributed by atoms with van der Waals surface area (Å²) in [5.74, 6) is -0.929. The SMILES string of the molecule is O=C(O)c1ccc(Cl)c(S(=O)(=O)CC2CCC2)c1. The molecule has 0 radical (unpaired) electrons. The van der Waals surface area contributed by atoms with E-state index in [9.17, 15) is 13.2 Å². The molecular weight excluding hydrogens is 276 g/mol. The van der Waals surface area contributed by atoms with Crippen molar-refractivity contribution in [2.24, 2.45) is 5.92 Å². The fourth-order valence-electron chi connectivity index (χ4n) is 1.93. The summed E-state index contributed by atoms with van der Waals surface area (Å²) in [6.07, 6.45) is 2.88. The van der Waals surface area contributed by atoms with Crippen molar-refractivity contribution in [1.82, 2.24) is 0 Å². The molecule has 0 aromatic heterocycles. The van der Waals surface area contributed by atoms with Crippen molar-refractivity contribution in [2.75, 3.05) is 5.75 Å². The number of halogens is 1. The molecule has 0 bridgehead atoms. The third-order valence-electron chi connectivity index (χ3n) is 3.19. The molecule has 1 N–H and O–H groups in total. The smallest absolute Gasteiger partial charge is 0.335 e. The molecule has 1 fully saturated rings. The van der Waals surface area contributed by atoms with E-state index in [4.69, 9.17) is 16.7 Å². The Balaban J connectivity index is 2.35. The minimum absolute atomic E-state index is 0.0514. The lowest BCUT2D eigenvalue weighted by Crippen LogP contribution is -2.22. The van der Waals surface area contributed by atoms with Crippen molar-refractivity contribution in [3.05, 3.63) is 28.8 Å².